The fraction of sp³-hybridized carbons (Fsp3) is 0.462. The van der Waals surface area contributed by atoms with Crippen molar-refractivity contribution in [1.82, 2.24) is 14.1 Å². The Labute approximate surface area is 133 Å². The molecule has 0 spiro atoms. The van der Waals surface area contributed by atoms with Gasteiger partial charge in [-0.05, 0) is 31.0 Å². The molecule has 2 aromatic heterocycles. The Hall–Kier alpha value is -0.890. The van der Waals surface area contributed by atoms with E-state index in [1.54, 1.807) is 21.1 Å². The van der Waals surface area contributed by atoms with E-state index in [1.807, 2.05) is 19.3 Å². The SMILES string of the molecule is Cn1ccc(C2CCCN(S(=O)(=O)c3ccc(Cl)s3)C2)n1. The predicted octanol–water partition coefficient (Wildman–Crippen LogP) is 2.70. The molecule has 0 aromatic carbocycles. The molecule has 0 bridgehead atoms. The smallest absolute Gasteiger partial charge is 0.252 e. The molecule has 2 aromatic rings. The minimum Gasteiger partial charge on any atom is -0.276 e. The van der Waals surface area contributed by atoms with Crippen LogP contribution in [0.5, 0.6) is 0 Å². The first-order chi connectivity index (χ1) is 9.96. The molecule has 1 aliphatic rings. The second kappa shape index (κ2) is 5.72. The molecule has 1 atom stereocenters. The van der Waals surface area contributed by atoms with Gasteiger partial charge in [0.15, 0.2) is 0 Å². The number of halogens is 1. The summed E-state index contributed by atoms with van der Waals surface area (Å²) in [4.78, 5) is 0. The number of nitrogens with zero attached hydrogens (tertiary/aromatic N) is 3. The molecule has 5 nitrogen and oxygen atoms in total. The van der Waals surface area contributed by atoms with Crippen LogP contribution in [-0.2, 0) is 17.1 Å². The van der Waals surface area contributed by atoms with E-state index in [0.717, 1.165) is 29.9 Å². The van der Waals surface area contributed by atoms with E-state index in [9.17, 15) is 8.42 Å². The van der Waals surface area contributed by atoms with Crippen LogP contribution in [0.2, 0.25) is 4.34 Å². The van der Waals surface area contributed by atoms with Crippen molar-refractivity contribution in [1.29, 1.82) is 0 Å². The number of hydrogen-bond donors (Lipinski definition) is 0. The predicted molar refractivity (Wildman–Crippen MR) is 83.3 cm³/mol. The van der Waals surface area contributed by atoms with Gasteiger partial charge in [-0.1, -0.05) is 11.6 Å². The van der Waals surface area contributed by atoms with E-state index in [-0.39, 0.29) is 5.92 Å². The van der Waals surface area contributed by atoms with E-state index in [1.165, 1.54) is 0 Å². The first-order valence-corrected chi connectivity index (χ1v) is 9.35. The van der Waals surface area contributed by atoms with Gasteiger partial charge in [0.2, 0.25) is 0 Å². The van der Waals surface area contributed by atoms with Gasteiger partial charge in [0.05, 0.1) is 10.0 Å². The van der Waals surface area contributed by atoms with E-state index >= 15 is 0 Å². The molecule has 0 N–H and O–H groups in total. The quantitative estimate of drug-likeness (QED) is 0.859. The first kappa shape index (κ1) is 15.0. The zero-order chi connectivity index (χ0) is 15.0. The minimum absolute atomic E-state index is 0.158. The van der Waals surface area contributed by atoms with Gasteiger partial charge in [0.25, 0.3) is 10.0 Å². The third-order valence-corrected chi connectivity index (χ3v) is 7.24. The molecule has 1 unspecified atom stereocenters. The summed E-state index contributed by atoms with van der Waals surface area (Å²) < 4.78 is 29.4. The van der Waals surface area contributed by atoms with Crippen LogP contribution in [0.1, 0.15) is 24.5 Å². The van der Waals surface area contributed by atoms with Crippen molar-refractivity contribution in [2.75, 3.05) is 13.1 Å². The summed E-state index contributed by atoms with van der Waals surface area (Å²) in [6, 6.07) is 5.16. The molecular formula is C13H16ClN3O2S2. The zero-order valence-electron chi connectivity index (χ0n) is 11.6. The van der Waals surface area contributed by atoms with Crippen LogP contribution in [0.4, 0.5) is 0 Å². The summed E-state index contributed by atoms with van der Waals surface area (Å²) in [6.45, 7) is 1.04. The summed E-state index contributed by atoms with van der Waals surface area (Å²) in [5, 5.41) is 4.40. The third-order valence-electron chi connectivity index (χ3n) is 3.68. The molecule has 0 saturated carbocycles. The second-order valence-corrected chi connectivity index (χ2v) is 9.05. The number of aromatic nitrogens is 2. The zero-order valence-corrected chi connectivity index (χ0v) is 14.0. The van der Waals surface area contributed by atoms with Gasteiger partial charge in [0, 0.05) is 32.3 Å². The van der Waals surface area contributed by atoms with Crippen molar-refractivity contribution in [2.24, 2.45) is 7.05 Å². The monoisotopic (exact) mass is 345 g/mol. The van der Waals surface area contributed by atoms with Crippen molar-refractivity contribution in [3.63, 3.8) is 0 Å². The highest BCUT2D eigenvalue weighted by atomic mass is 35.5. The average molecular weight is 346 g/mol. The van der Waals surface area contributed by atoms with Gasteiger partial charge in [-0.15, -0.1) is 11.3 Å². The highest BCUT2D eigenvalue weighted by Crippen LogP contribution is 2.32. The Morgan fingerprint density at radius 1 is 1.38 bits per heavy atom. The number of piperidine rings is 1. The van der Waals surface area contributed by atoms with Crippen molar-refractivity contribution >= 4 is 33.0 Å². The third kappa shape index (κ3) is 3.01. The molecule has 1 aliphatic heterocycles. The standard InChI is InChI=1S/C13H16ClN3O2S2/c1-16-8-6-11(15-16)10-3-2-7-17(9-10)21(18,19)13-5-4-12(14)20-13/h4-6,8,10H,2-3,7,9H2,1H3. The number of rotatable bonds is 3. The lowest BCUT2D eigenvalue weighted by atomic mass is 9.96. The van der Waals surface area contributed by atoms with Gasteiger partial charge in [0.1, 0.15) is 4.21 Å². The molecule has 21 heavy (non-hydrogen) atoms. The minimum atomic E-state index is -3.44. The molecule has 0 radical (unpaired) electrons. The summed E-state index contributed by atoms with van der Waals surface area (Å²) in [7, 11) is -1.57. The molecule has 1 saturated heterocycles. The molecule has 8 heteroatoms. The van der Waals surface area contributed by atoms with Gasteiger partial charge in [-0.3, -0.25) is 4.68 Å². The number of sulfonamides is 1. The molecule has 3 rings (SSSR count). The van der Waals surface area contributed by atoms with Crippen LogP contribution >= 0.6 is 22.9 Å². The Bertz CT molecular complexity index is 738. The number of thiophene rings is 1. The summed E-state index contributed by atoms with van der Waals surface area (Å²) in [6.07, 6.45) is 3.70. The van der Waals surface area contributed by atoms with Crippen LogP contribution in [0, 0.1) is 0 Å². The second-order valence-electron chi connectivity index (χ2n) is 5.18. The van der Waals surface area contributed by atoms with E-state index in [4.69, 9.17) is 11.6 Å². The van der Waals surface area contributed by atoms with E-state index < -0.39 is 10.0 Å². The van der Waals surface area contributed by atoms with Gasteiger partial charge in [-0.25, -0.2) is 8.42 Å². The van der Waals surface area contributed by atoms with Crippen molar-refractivity contribution < 1.29 is 8.42 Å². The van der Waals surface area contributed by atoms with Crippen LogP contribution in [0.15, 0.2) is 28.6 Å². The van der Waals surface area contributed by atoms with Gasteiger partial charge >= 0.3 is 0 Å². The van der Waals surface area contributed by atoms with Crippen molar-refractivity contribution in [2.45, 2.75) is 23.0 Å². The summed E-state index contributed by atoms with van der Waals surface area (Å²) >= 11 is 6.96. The Morgan fingerprint density at radius 3 is 2.81 bits per heavy atom. The molecular weight excluding hydrogens is 330 g/mol. The molecule has 114 valence electrons. The van der Waals surface area contributed by atoms with Gasteiger partial charge < -0.3 is 0 Å². The lowest BCUT2D eigenvalue weighted by Gasteiger charge is -2.30. The fourth-order valence-corrected chi connectivity index (χ4v) is 5.78. The van der Waals surface area contributed by atoms with Crippen molar-refractivity contribution in [3.05, 3.63) is 34.4 Å². The van der Waals surface area contributed by atoms with Crippen LogP contribution < -0.4 is 0 Å². The fourth-order valence-electron chi connectivity index (χ4n) is 2.62. The average Bonchev–Trinajstić information content (AvgIpc) is 3.08. The van der Waals surface area contributed by atoms with E-state index in [0.29, 0.717) is 21.6 Å². The largest absolute Gasteiger partial charge is 0.276 e. The summed E-state index contributed by atoms with van der Waals surface area (Å²) in [5.41, 5.74) is 0.960. The lowest BCUT2D eigenvalue weighted by Crippen LogP contribution is -2.38. The molecule has 1 fully saturated rings. The van der Waals surface area contributed by atoms with Crippen molar-refractivity contribution in [3.8, 4) is 0 Å². The maximum Gasteiger partial charge on any atom is 0.252 e. The number of hydrogen-bond acceptors (Lipinski definition) is 4. The number of aryl methyl sites for hydroxylation is 1. The first-order valence-electron chi connectivity index (χ1n) is 6.72. The topological polar surface area (TPSA) is 55.2 Å². The molecule has 0 aliphatic carbocycles. The van der Waals surface area contributed by atoms with Crippen LogP contribution in [0.3, 0.4) is 0 Å². The van der Waals surface area contributed by atoms with Crippen LogP contribution in [-0.4, -0.2) is 35.6 Å². The van der Waals surface area contributed by atoms with Gasteiger partial charge in [-0.2, -0.15) is 9.40 Å². The maximum atomic E-state index is 12.6. The highest BCUT2D eigenvalue weighted by Gasteiger charge is 2.32. The van der Waals surface area contributed by atoms with E-state index in [2.05, 4.69) is 5.10 Å². The Morgan fingerprint density at radius 2 is 2.19 bits per heavy atom. The summed E-state index contributed by atoms with van der Waals surface area (Å²) in [5.74, 6) is 0.158. The maximum absolute atomic E-state index is 12.6. The molecule has 0 amide bonds. The van der Waals surface area contributed by atoms with Crippen LogP contribution in [0.25, 0.3) is 0 Å². The highest BCUT2D eigenvalue weighted by molar-refractivity contribution is 7.91. The Kier molecular flexibility index (Phi) is 4.09. The normalized spacial score (nSPS) is 20.8. The lowest BCUT2D eigenvalue weighted by molar-refractivity contribution is 0.312. The molecule has 3 heterocycles. The Balaban J connectivity index is 1.83.